The molecule has 8 nitrogen and oxygen atoms in total. The average molecular weight is 417 g/mol. The van der Waals surface area contributed by atoms with Gasteiger partial charge in [0.15, 0.2) is 5.65 Å². The third-order valence-electron chi connectivity index (χ3n) is 5.56. The summed E-state index contributed by atoms with van der Waals surface area (Å²) < 4.78 is 12.7. The Balaban J connectivity index is 1.61. The van der Waals surface area contributed by atoms with Crippen LogP contribution in [0.4, 0.5) is 5.69 Å². The van der Waals surface area contributed by atoms with Gasteiger partial charge in [0.05, 0.1) is 25.9 Å². The van der Waals surface area contributed by atoms with Crippen LogP contribution in [-0.4, -0.2) is 53.2 Å². The van der Waals surface area contributed by atoms with Crippen LogP contribution in [0, 0.1) is 0 Å². The van der Waals surface area contributed by atoms with E-state index in [0.29, 0.717) is 41.5 Å². The number of aromatic nitrogens is 4. The SMILES string of the molecule is COc1cc(N2CCOCC2)ccc1-c1nc2c(c(-c3ccccc3)nn2C)c(=O)[nH]1. The van der Waals surface area contributed by atoms with Gasteiger partial charge in [0.2, 0.25) is 0 Å². The molecule has 1 N–H and O–H groups in total. The maximum absolute atomic E-state index is 13.1. The summed E-state index contributed by atoms with van der Waals surface area (Å²) in [6.45, 7) is 3.08. The number of methoxy groups -OCH3 is 1. The third-order valence-corrected chi connectivity index (χ3v) is 5.56. The lowest BCUT2D eigenvalue weighted by molar-refractivity contribution is 0.122. The van der Waals surface area contributed by atoms with Gasteiger partial charge in [-0.25, -0.2) is 9.67 Å². The van der Waals surface area contributed by atoms with Crippen molar-refractivity contribution >= 4 is 16.7 Å². The minimum atomic E-state index is -0.230. The van der Waals surface area contributed by atoms with E-state index >= 15 is 0 Å². The number of nitrogens with zero attached hydrogens (tertiary/aromatic N) is 4. The average Bonchev–Trinajstić information content (AvgIpc) is 3.16. The molecule has 158 valence electrons. The van der Waals surface area contributed by atoms with E-state index in [2.05, 4.69) is 15.0 Å². The van der Waals surface area contributed by atoms with Gasteiger partial charge in [0.1, 0.15) is 22.7 Å². The maximum atomic E-state index is 13.1. The monoisotopic (exact) mass is 417 g/mol. The van der Waals surface area contributed by atoms with Gasteiger partial charge in [-0.3, -0.25) is 4.79 Å². The summed E-state index contributed by atoms with van der Waals surface area (Å²) in [6.07, 6.45) is 0. The Kier molecular flexibility index (Phi) is 4.91. The Morgan fingerprint density at radius 1 is 1.10 bits per heavy atom. The molecule has 4 aromatic rings. The molecule has 5 rings (SSSR count). The first-order valence-corrected chi connectivity index (χ1v) is 10.2. The Morgan fingerprint density at radius 2 is 1.87 bits per heavy atom. The van der Waals surface area contributed by atoms with Crippen LogP contribution in [0.15, 0.2) is 53.3 Å². The molecule has 0 unspecified atom stereocenters. The molecule has 1 saturated heterocycles. The zero-order valence-electron chi connectivity index (χ0n) is 17.5. The number of hydrogen-bond donors (Lipinski definition) is 1. The molecule has 0 spiro atoms. The number of ether oxygens (including phenoxy) is 2. The number of aromatic amines is 1. The Hall–Kier alpha value is -3.65. The molecule has 31 heavy (non-hydrogen) atoms. The molecule has 0 aliphatic carbocycles. The minimum Gasteiger partial charge on any atom is -0.496 e. The molecule has 0 amide bonds. The van der Waals surface area contributed by atoms with Gasteiger partial charge in [0, 0.05) is 37.5 Å². The van der Waals surface area contributed by atoms with Crippen molar-refractivity contribution in [1.82, 2.24) is 19.7 Å². The van der Waals surface area contributed by atoms with Crippen molar-refractivity contribution in [3.05, 3.63) is 58.9 Å². The molecular formula is C23H23N5O3. The Morgan fingerprint density at radius 3 is 2.61 bits per heavy atom. The fourth-order valence-electron chi connectivity index (χ4n) is 3.98. The number of H-pyrrole nitrogens is 1. The maximum Gasteiger partial charge on any atom is 0.262 e. The normalized spacial score (nSPS) is 14.2. The molecule has 3 heterocycles. The second-order valence-electron chi connectivity index (χ2n) is 7.44. The number of morpholine rings is 1. The predicted molar refractivity (Wildman–Crippen MR) is 120 cm³/mol. The van der Waals surface area contributed by atoms with Crippen molar-refractivity contribution < 1.29 is 9.47 Å². The Bertz CT molecular complexity index is 1290. The largest absolute Gasteiger partial charge is 0.496 e. The number of aryl methyl sites for hydroxylation is 1. The van der Waals surface area contributed by atoms with Crippen LogP contribution in [0.5, 0.6) is 5.75 Å². The molecule has 1 aliphatic heterocycles. The molecule has 1 fully saturated rings. The molecule has 2 aromatic carbocycles. The first-order valence-electron chi connectivity index (χ1n) is 10.2. The highest BCUT2D eigenvalue weighted by Crippen LogP contribution is 2.33. The first kappa shape index (κ1) is 19.3. The predicted octanol–water partition coefficient (Wildman–Crippen LogP) is 2.84. The number of benzene rings is 2. The van der Waals surface area contributed by atoms with Crippen LogP contribution >= 0.6 is 0 Å². The quantitative estimate of drug-likeness (QED) is 0.550. The second kappa shape index (κ2) is 7.88. The van der Waals surface area contributed by atoms with E-state index in [1.54, 1.807) is 18.8 Å². The zero-order chi connectivity index (χ0) is 21.4. The van der Waals surface area contributed by atoms with E-state index in [-0.39, 0.29) is 5.56 Å². The van der Waals surface area contributed by atoms with Crippen LogP contribution < -0.4 is 15.2 Å². The summed E-state index contributed by atoms with van der Waals surface area (Å²) >= 11 is 0. The summed E-state index contributed by atoms with van der Waals surface area (Å²) in [7, 11) is 3.42. The van der Waals surface area contributed by atoms with Crippen molar-refractivity contribution in [1.29, 1.82) is 0 Å². The van der Waals surface area contributed by atoms with Crippen molar-refractivity contribution in [2.75, 3.05) is 38.3 Å². The minimum absolute atomic E-state index is 0.230. The summed E-state index contributed by atoms with van der Waals surface area (Å²) in [5, 5.41) is 5.03. The van der Waals surface area contributed by atoms with Crippen LogP contribution in [0.25, 0.3) is 33.7 Å². The lowest BCUT2D eigenvalue weighted by Gasteiger charge is -2.29. The highest BCUT2D eigenvalue weighted by molar-refractivity contribution is 5.91. The van der Waals surface area contributed by atoms with Crippen molar-refractivity contribution in [3.63, 3.8) is 0 Å². The van der Waals surface area contributed by atoms with E-state index in [1.807, 2.05) is 48.5 Å². The van der Waals surface area contributed by atoms with E-state index < -0.39 is 0 Å². The lowest BCUT2D eigenvalue weighted by Crippen LogP contribution is -2.36. The van der Waals surface area contributed by atoms with Gasteiger partial charge in [-0.15, -0.1) is 0 Å². The first-order chi connectivity index (χ1) is 15.2. The van der Waals surface area contributed by atoms with Crippen LogP contribution in [0.1, 0.15) is 0 Å². The zero-order valence-corrected chi connectivity index (χ0v) is 17.5. The fraction of sp³-hybridized carbons (Fsp3) is 0.261. The van der Waals surface area contributed by atoms with Crippen LogP contribution in [0.2, 0.25) is 0 Å². The molecular weight excluding hydrogens is 394 g/mol. The van der Waals surface area contributed by atoms with Gasteiger partial charge in [-0.05, 0) is 12.1 Å². The number of rotatable bonds is 4. The summed E-state index contributed by atoms with van der Waals surface area (Å²) in [4.78, 5) is 23.0. The van der Waals surface area contributed by atoms with Gasteiger partial charge in [-0.1, -0.05) is 30.3 Å². The Labute approximate surface area is 179 Å². The van der Waals surface area contributed by atoms with Crippen molar-refractivity contribution in [3.8, 4) is 28.4 Å². The molecule has 0 radical (unpaired) electrons. The topological polar surface area (TPSA) is 85.3 Å². The van der Waals surface area contributed by atoms with Gasteiger partial charge in [0.25, 0.3) is 5.56 Å². The number of fused-ring (bicyclic) bond motifs is 1. The van der Waals surface area contributed by atoms with Crippen LogP contribution in [-0.2, 0) is 11.8 Å². The number of anilines is 1. The van der Waals surface area contributed by atoms with Gasteiger partial charge >= 0.3 is 0 Å². The number of nitrogens with one attached hydrogen (secondary N) is 1. The summed E-state index contributed by atoms with van der Waals surface area (Å²) in [6, 6.07) is 15.6. The molecule has 0 saturated carbocycles. The van der Waals surface area contributed by atoms with E-state index in [4.69, 9.17) is 14.5 Å². The lowest BCUT2D eigenvalue weighted by atomic mass is 10.1. The molecule has 8 heteroatoms. The highest BCUT2D eigenvalue weighted by atomic mass is 16.5. The van der Waals surface area contributed by atoms with E-state index in [1.165, 1.54) is 0 Å². The van der Waals surface area contributed by atoms with E-state index in [0.717, 1.165) is 29.9 Å². The van der Waals surface area contributed by atoms with Crippen LogP contribution in [0.3, 0.4) is 0 Å². The molecule has 2 aromatic heterocycles. The fourth-order valence-corrected chi connectivity index (χ4v) is 3.98. The molecule has 0 bridgehead atoms. The molecule has 1 aliphatic rings. The van der Waals surface area contributed by atoms with Gasteiger partial charge in [-0.2, -0.15) is 5.10 Å². The van der Waals surface area contributed by atoms with E-state index in [9.17, 15) is 4.79 Å². The summed E-state index contributed by atoms with van der Waals surface area (Å²) in [5.74, 6) is 1.10. The summed E-state index contributed by atoms with van der Waals surface area (Å²) in [5.41, 5.74) is 3.57. The third kappa shape index (κ3) is 3.44. The van der Waals surface area contributed by atoms with Gasteiger partial charge < -0.3 is 19.4 Å². The van der Waals surface area contributed by atoms with Crippen molar-refractivity contribution in [2.24, 2.45) is 7.05 Å². The standard InChI is InChI=1S/C23H23N5O3/c1-27-22-19(20(26-27)15-6-4-3-5-7-15)23(29)25-21(24-22)17-9-8-16(14-18(17)30-2)28-10-12-31-13-11-28/h3-9,14H,10-13H2,1-2H3,(H,24,25,29). The molecule has 0 atom stereocenters. The smallest absolute Gasteiger partial charge is 0.262 e. The highest BCUT2D eigenvalue weighted by Gasteiger charge is 2.20. The second-order valence-corrected chi connectivity index (χ2v) is 7.44. The van der Waals surface area contributed by atoms with Crippen molar-refractivity contribution in [2.45, 2.75) is 0 Å². The number of hydrogen-bond acceptors (Lipinski definition) is 6.